The summed E-state index contributed by atoms with van der Waals surface area (Å²) in [5, 5.41) is 0.924. The van der Waals surface area contributed by atoms with Crippen molar-refractivity contribution in [2.75, 3.05) is 19.7 Å². The molecule has 0 saturated heterocycles. The van der Waals surface area contributed by atoms with Gasteiger partial charge in [-0.3, -0.25) is 4.79 Å². The largest absolute Gasteiger partial charge is 0.486 e. The molecular weight excluding hydrogens is 318 g/mol. The highest BCUT2D eigenvalue weighted by molar-refractivity contribution is 5.96. The number of carbonyl (C=O) groups excluding carboxylic acids is 1. The van der Waals surface area contributed by atoms with Gasteiger partial charge >= 0.3 is 0 Å². The molecule has 0 spiro atoms. The predicted octanol–water partition coefficient (Wildman–Crippen LogP) is 3.73. The number of furan rings is 1. The first-order chi connectivity index (χ1) is 12.2. The Morgan fingerprint density at radius 3 is 2.68 bits per heavy atom. The molecule has 1 aromatic heterocycles. The summed E-state index contributed by atoms with van der Waals surface area (Å²) < 4.78 is 17.4. The van der Waals surface area contributed by atoms with Crippen LogP contribution >= 0.6 is 0 Å². The van der Waals surface area contributed by atoms with E-state index in [-0.39, 0.29) is 12.0 Å². The van der Waals surface area contributed by atoms with Gasteiger partial charge in [-0.15, -0.1) is 0 Å². The maximum Gasteiger partial charge on any atom is 0.289 e. The molecule has 1 aliphatic heterocycles. The SMILES string of the molecule is CCN(CC1COc2ccccc2O1)C(=O)c1cc2ccccc2o1. The third-order valence-corrected chi connectivity index (χ3v) is 4.30. The highest BCUT2D eigenvalue weighted by Gasteiger charge is 2.26. The fourth-order valence-electron chi connectivity index (χ4n) is 3.00. The first kappa shape index (κ1) is 15.6. The number of ether oxygens (including phenoxy) is 2. The first-order valence-corrected chi connectivity index (χ1v) is 8.41. The van der Waals surface area contributed by atoms with Gasteiger partial charge in [0.2, 0.25) is 0 Å². The van der Waals surface area contributed by atoms with E-state index in [9.17, 15) is 4.79 Å². The van der Waals surface area contributed by atoms with Gasteiger partial charge < -0.3 is 18.8 Å². The second-order valence-electron chi connectivity index (χ2n) is 5.99. The lowest BCUT2D eigenvalue weighted by atomic mass is 10.2. The van der Waals surface area contributed by atoms with E-state index in [0.29, 0.717) is 36.8 Å². The fraction of sp³-hybridized carbons (Fsp3) is 0.250. The molecule has 128 valence electrons. The molecule has 2 aromatic carbocycles. The van der Waals surface area contributed by atoms with Gasteiger partial charge in [-0.05, 0) is 31.2 Å². The lowest BCUT2D eigenvalue weighted by Crippen LogP contribution is -2.43. The van der Waals surface area contributed by atoms with Crippen LogP contribution in [0.4, 0.5) is 0 Å². The molecule has 1 amide bonds. The van der Waals surface area contributed by atoms with Crippen LogP contribution in [0.2, 0.25) is 0 Å². The van der Waals surface area contributed by atoms with E-state index >= 15 is 0 Å². The number of likely N-dealkylation sites (N-methyl/N-ethyl adjacent to an activating group) is 1. The summed E-state index contributed by atoms with van der Waals surface area (Å²) >= 11 is 0. The zero-order valence-electron chi connectivity index (χ0n) is 14.0. The molecule has 5 nitrogen and oxygen atoms in total. The molecule has 1 atom stereocenters. The van der Waals surface area contributed by atoms with Crippen molar-refractivity contribution in [3.8, 4) is 11.5 Å². The van der Waals surface area contributed by atoms with Crippen LogP contribution in [-0.4, -0.2) is 36.6 Å². The lowest BCUT2D eigenvalue weighted by Gasteiger charge is -2.30. The number of fused-ring (bicyclic) bond motifs is 2. The Morgan fingerprint density at radius 2 is 1.88 bits per heavy atom. The third-order valence-electron chi connectivity index (χ3n) is 4.30. The van der Waals surface area contributed by atoms with Crippen molar-refractivity contribution in [2.24, 2.45) is 0 Å². The van der Waals surface area contributed by atoms with E-state index in [1.54, 1.807) is 11.0 Å². The molecular formula is C20H19NO4. The highest BCUT2D eigenvalue weighted by atomic mass is 16.6. The Labute approximate surface area is 145 Å². The van der Waals surface area contributed by atoms with Crippen molar-refractivity contribution in [2.45, 2.75) is 13.0 Å². The van der Waals surface area contributed by atoms with Gasteiger partial charge in [0.15, 0.2) is 23.4 Å². The molecule has 3 aromatic rings. The van der Waals surface area contributed by atoms with Gasteiger partial charge in [0.05, 0.1) is 6.54 Å². The smallest absolute Gasteiger partial charge is 0.289 e. The monoisotopic (exact) mass is 337 g/mol. The quantitative estimate of drug-likeness (QED) is 0.728. The number of carbonyl (C=O) groups is 1. The van der Waals surface area contributed by atoms with Crippen molar-refractivity contribution in [1.29, 1.82) is 0 Å². The molecule has 25 heavy (non-hydrogen) atoms. The summed E-state index contributed by atoms with van der Waals surface area (Å²) in [5.41, 5.74) is 0.716. The molecule has 5 heteroatoms. The number of nitrogens with zero attached hydrogens (tertiary/aromatic N) is 1. The van der Waals surface area contributed by atoms with Gasteiger partial charge in [-0.1, -0.05) is 30.3 Å². The van der Waals surface area contributed by atoms with Crippen LogP contribution in [0.15, 0.2) is 59.0 Å². The molecule has 4 rings (SSSR count). The maximum absolute atomic E-state index is 12.8. The Bertz CT molecular complexity index is 868. The Morgan fingerprint density at radius 1 is 1.12 bits per heavy atom. The number of rotatable bonds is 4. The average molecular weight is 337 g/mol. The van der Waals surface area contributed by atoms with Gasteiger partial charge in [-0.2, -0.15) is 0 Å². The van der Waals surface area contributed by atoms with Crippen LogP contribution in [0.5, 0.6) is 11.5 Å². The highest BCUT2D eigenvalue weighted by Crippen LogP contribution is 2.31. The zero-order chi connectivity index (χ0) is 17.2. The number of amides is 1. The number of hydrogen-bond donors (Lipinski definition) is 0. The van der Waals surface area contributed by atoms with Gasteiger partial charge in [-0.25, -0.2) is 0 Å². The van der Waals surface area contributed by atoms with Crippen molar-refractivity contribution in [1.82, 2.24) is 4.90 Å². The first-order valence-electron chi connectivity index (χ1n) is 8.41. The van der Waals surface area contributed by atoms with E-state index in [2.05, 4.69) is 0 Å². The minimum absolute atomic E-state index is 0.138. The van der Waals surface area contributed by atoms with Crippen LogP contribution in [-0.2, 0) is 0 Å². The van der Waals surface area contributed by atoms with Crippen molar-refractivity contribution >= 4 is 16.9 Å². The van der Waals surface area contributed by atoms with Crippen molar-refractivity contribution in [3.05, 3.63) is 60.4 Å². The van der Waals surface area contributed by atoms with Crippen LogP contribution in [0.25, 0.3) is 11.0 Å². The molecule has 0 bridgehead atoms. The molecule has 1 aliphatic rings. The van der Waals surface area contributed by atoms with Gasteiger partial charge in [0, 0.05) is 11.9 Å². The van der Waals surface area contributed by atoms with Gasteiger partial charge in [0.25, 0.3) is 5.91 Å². The molecule has 0 aliphatic carbocycles. The normalized spacial score (nSPS) is 16.0. The van der Waals surface area contributed by atoms with Crippen molar-refractivity contribution < 1.29 is 18.7 Å². The zero-order valence-corrected chi connectivity index (χ0v) is 14.0. The third kappa shape index (κ3) is 3.05. The van der Waals surface area contributed by atoms with E-state index in [4.69, 9.17) is 13.9 Å². The van der Waals surface area contributed by atoms with Crippen LogP contribution in [0.3, 0.4) is 0 Å². The van der Waals surface area contributed by atoms with E-state index in [1.807, 2.05) is 55.5 Å². The van der Waals surface area contributed by atoms with E-state index < -0.39 is 0 Å². The molecule has 0 fully saturated rings. The standard InChI is InChI=1S/C20H19NO4/c1-2-21(12-15-13-23-17-9-5-6-10-18(17)24-15)20(22)19-11-14-7-3-4-8-16(14)25-19/h3-11,15H,2,12-13H2,1H3. The minimum atomic E-state index is -0.205. The Hall–Kier alpha value is -2.95. The van der Waals surface area contributed by atoms with Crippen molar-refractivity contribution in [3.63, 3.8) is 0 Å². The average Bonchev–Trinajstić information content (AvgIpc) is 3.09. The lowest BCUT2D eigenvalue weighted by molar-refractivity contribution is 0.0457. The number of hydrogen-bond acceptors (Lipinski definition) is 4. The Balaban J connectivity index is 1.49. The maximum atomic E-state index is 12.8. The molecule has 0 radical (unpaired) electrons. The predicted molar refractivity (Wildman–Crippen MR) is 94.1 cm³/mol. The fourth-order valence-corrected chi connectivity index (χ4v) is 3.00. The minimum Gasteiger partial charge on any atom is -0.486 e. The number of benzene rings is 2. The summed E-state index contributed by atoms with van der Waals surface area (Å²) in [6, 6.07) is 17.0. The van der Waals surface area contributed by atoms with E-state index in [1.165, 1.54) is 0 Å². The summed E-state index contributed by atoms with van der Waals surface area (Å²) in [7, 11) is 0. The summed E-state index contributed by atoms with van der Waals surface area (Å²) in [5.74, 6) is 1.66. The summed E-state index contributed by atoms with van der Waals surface area (Å²) in [6.45, 7) is 3.37. The summed E-state index contributed by atoms with van der Waals surface area (Å²) in [6.07, 6.45) is -0.205. The molecule has 2 heterocycles. The molecule has 0 saturated carbocycles. The van der Waals surface area contributed by atoms with Gasteiger partial charge in [0.1, 0.15) is 12.2 Å². The van der Waals surface area contributed by atoms with Crippen LogP contribution in [0.1, 0.15) is 17.5 Å². The second-order valence-corrected chi connectivity index (χ2v) is 5.99. The van der Waals surface area contributed by atoms with E-state index in [0.717, 1.165) is 11.1 Å². The van der Waals surface area contributed by atoms with Crippen LogP contribution in [0, 0.1) is 0 Å². The van der Waals surface area contributed by atoms with Crippen LogP contribution < -0.4 is 9.47 Å². The molecule has 1 unspecified atom stereocenters. The topological polar surface area (TPSA) is 51.9 Å². The Kier molecular flexibility index (Phi) is 4.06. The summed E-state index contributed by atoms with van der Waals surface area (Å²) in [4.78, 5) is 14.5. The second kappa shape index (κ2) is 6.51. The molecule has 0 N–H and O–H groups in total. The number of para-hydroxylation sites is 3.